The van der Waals surface area contributed by atoms with E-state index in [9.17, 15) is 24.0 Å². The minimum Gasteiger partial charge on any atom is -0.452 e. The lowest BCUT2D eigenvalue weighted by Crippen LogP contribution is -2.68. The molecular formula is C20H21N3O6. The van der Waals surface area contributed by atoms with Crippen LogP contribution in [0.4, 0.5) is 5.69 Å². The van der Waals surface area contributed by atoms with Crippen LogP contribution in [0.25, 0.3) is 0 Å². The number of anilines is 1. The van der Waals surface area contributed by atoms with Gasteiger partial charge in [-0.1, -0.05) is 12.1 Å². The molecule has 0 aliphatic carbocycles. The number of carbonyl (C=O) groups is 5. The average molecular weight is 399 g/mol. The van der Waals surface area contributed by atoms with Crippen molar-refractivity contribution in [2.24, 2.45) is 0 Å². The summed E-state index contributed by atoms with van der Waals surface area (Å²) in [5.41, 5.74) is -0.915. The molecule has 0 aromatic heterocycles. The number of hydrogen-bond donors (Lipinski definition) is 0. The number of ether oxygens (including phenoxy) is 1. The summed E-state index contributed by atoms with van der Waals surface area (Å²) in [7, 11) is 0. The fourth-order valence-electron chi connectivity index (χ4n) is 4.40. The van der Waals surface area contributed by atoms with E-state index in [1.54, 1.807) is 31.2 Å². The van der Waals surface area contributed by atoms with E-state index in [0.717, 1.165) is 4.90 Å². The van der Waals surface area contributed by atoms with E-state index in [1.165, 1.54) is 9.80 Å². The summed E-state index contributed by atoms with van der Waals surface area (Å²) in [6.07, 6.45) is 1.03. The maximum absolute atomic E-state index is 13.2. The molecule has 3 aliphatic heterocycles. The minimum atomic E-state index is -1.62. The molecular weight excluding hydrogens is 378 g/mol. The number of para-hydroxylation sites is 1. The van der Waals surface area contributed by atoms with Gasteiger partial charge in [0.05, 0.1) is 11.3 Å². The fourth-order valence-corrected chi connectivity index (χ4v) is 4.40. The highest BCUT2D eigenvalue weighted by molar-refractivity contribution is 6.15. The highest BCUT2D eigenvalue weighted by Gasteiger charge is 2.61. The molecule has 4 amide bonds. The number of likely N-dealkylation sites (N-methyl/N-ethyl adjacent to an activating group) is 1. The van der Waals surface area contributed by atoms with Gasteiger partial charge in [0.15, 0.2) is 6.61 Å². The van der Waals surface area contributed by atoms with E-state index in [1.807, 2.05) is 0 Å². The van der Waals surface area contributed by atoms with Gasteiger partial charge in [-0.3, -0.25) is 29.0 Å². The van der Waals surface area contributed by atoms with Crippen LogP contribution in [0.2, 0.25) is 0 Å². The zero-order chi connectivity index (χ0) is 20.8. The molecule has 1 atom stereocenters. The lowest BCUT2D eigenvalue weighted by molar-refractivity contribution is -0.163. The number of amides is 4. The number of likely N-dealkylation sites (tertiary alicyclic amines) is 1. The van der Waals surface area contributed by atoms with Crippen LogP contribution >= 0.6 is 0 Å². The number of carbonyl (C=O) groups excluding carboxylic acids is 5. The quantitative estimate of drug-likeness (QED) is 0.690. The van der Waals surface area contributed by atoms with Crippen LogP contribution in [0.3, 0.4) is 0 Å². The molecule has 3 heterocycles. The van der Waals surface area contributed by atoms with Gasteiger partial charge in [0.25, 0.3) is 11.8 Å². The molecule has 0 saturated carbocycles. The van der Waals surface area contributed by atoms with Crippen LogP contribution in [-0.2, 0) is 23.9 Å². The fraction of sp³-hybridized carbons (Fsp3) is 0.450. The molecule has 4 rings (SSSR count). The molecule has 0 radical (unpaired) electrons. The molecule has 0 unspecified atom stereocenters. The zero-order valence-electron chi connectivity index (χ0n) is 16.1. The van der Waals surface area contributed by atoms with Gasteiger partial charge in [-0.15, -0.1) is 0 Å². The van der Waals surface area contributed by atoms with Gasteiger partial charge in [-0.25, -0.2) is 4.79 Å². The van der Waals surface area contributed by atoms with E-state index in [-0.39, 0.29) is 37.1 Å². The number of imide groups is 1. The van der Waals surface area contributed by atoms with Crippen molar-refractivity contribution < 1.29 is 28.7 Å². The lowest BCUT2D eigenvalue weighted by Gasteiger charge is -2.48. The first-order chi connectivity index (χ1) is 13.9. The van der Waals surface area contributed by atoms with Gasteiger partial charge < -0.3 is 9.64 Å². The number of benzene rings is 1. The Kier molecular flexibility index (Phi) is 4.60. The second-order valence-corrected chi connectivity index (χ2v) is 7.23. The summed E-state index contributed by atoms with van der Waals surface area (Å²) < 4.78 is 5.28. The Hall–Kier alpha value is -3.23. The normalized spacial score (nSPS) is 23.3. The van der Waals surface area contributed by atoms with Crippen molar-refractivity contribution in [3.8, 4) is 0 Å². The largest absolute Gasteiger partial charge is 0.452 e. The topological polar surface area (TPSA) is 104 Å². The molecule has 2 saturated heterocycles. The number of fused-ring (bicyclic) bond motifs is 3. The molecule has 9 heteroatoms. The summed E-state index contributed by atoms with van der Waals surface area (Å²) >= 11 is 0. The molecule has 0 spiro atoms. The second-order valence-electron chi connectivity index (χ2n) is 7.23. The molecule has 2 fully saturated rings. The van der Waals surface area contributed by atoms with Crippen LogP contribution in [-0.4, -0.2) is 64.8 Å². The van der Waals surface area contributed by atoms with E-state index < -0.39 is 24.1 Å². The van der Waals surface area contributed by atoms with Gasteiger partial charge in [0.1, 0.15) is 0 Å². The first-order valence-electron chi connectivity index (χ1n) is 9.66. The Balaban J connectivity index is 1.65. The highest BCUT2D eigenvalue weighted by atomic mass is 16.5. The molecule has 0 N–H and O–H groups in total. The molecule has 1 aromatic carbocycles. The predicted molar refractivity (Wildman–Crippen MR) is 99.5 cm³/mol. The standard InChI is InChI=1S/C20H21N3O6/c1-2-22-18(27)13-6-3-4-7-14(13)23-16(25)9-10-20(22,23)19(28)29-12-17(26)21-11-5-8-15(21)24/h3-4,6-7H,2,5,8-12H2,1H3/t20-/m0/s1. The first-order valence-corrected chi connectivity index (χ1v) is 9.66. The van der Waals surface area contributed by atoms with Crippen LogP contribution in [0.5, 0.6) is 0 Å². The van der Waals surface area contributed by atoms with Crippen molar-refractivity contribution >= 4 is 35.3 Å². The minimum absolute atomic E-state index is 0.0752. The van der Waals surface area contributed by atoms with Gasteiger partial charge in [0.2, 0.25) is 17.5 Å². The Morgan fingerprint density at radius 2 is 1.86 bits per heavy atom. The van der Waals surface area contributed by atoms with Gasteiger partial charge in [-0.2, -0.15) is 0 Å². The summed E-state index contributed by atoms with van der Waals surface area (Å²) in [6, 6.07) is 6.63. The van der Waals surface area contributed by atoms with Crippen LogP contribution in [0, 0.1) is 0 Å². The van der Waals surface area contributed by atoms with E-state index in [4.69, 9.17) is 4.74 Å². The third-order valence-corrected chi connectivity index (χ3v) is 5.72. The zero-order valence-corrected chi connectivity index (χ0v) is 16.1. The Morgan fingerprint density at radius 3 is 2.55 bits per heavy atom. The predicted octanol–water partition coefficient (Wildman–Crippen LogP) is 0.678. The molecule has 0 bridgehead atoms. The van der Waals surface area contributed by atoms with E-state index in [0.29, 0.717) is 30.6 Å². The molecule has 9 nitrogen and oxygen atoms in total. The highest BCUT2D eigenvalue weighted by Crippen LogP contribution is 2.44. The van der Waals surface area contributed by atoms with Crippen molar-refractivity contribution in [2.45, 2.75) is 38.3 Å². The van der Waals surface area contributed by atoms with Crippen molar-refractivity contribution in [2.75, 3.05) is 24.6 Å². The number of nitrogens with zero attached hydrogens (tertiary/aromatic N) is 3. The van der Waals surface area contributed by atoms with Gasteiger partial charge >= 0.3 is 5.97 Å². The summed E-state index contributed by atoms with van der Waals surface area (Å²) in [6.45, 7) is 1.60. The van der Waals surface area contributed by atoms with Crippen molar-refractivity contribution in [3.63, 3.8) is 0 Å². The monoisotopic (exact) mass is 399 g/mol. The molecule has 29 heavy (non-hydrogen) atoms. The van der Waals surface area contributed by atoms with Crippen molar-refractivity contribution in [1.29, 1.82) is 0 Å². The Bertz CT molecular complexity index is 929. The summed E-state index contributed by atoms with van der Waals surface area (Å²) in [5.74, 6) is -2.39. The number of esters is 1. The smallest absolute Gasteiger partial charge is 0.354 e. The number of rotatable bonds is 4. The molecule has 1 aromatic rings. The van der Waals surface area contributed by atoms with E-state index in [2.05, 4.69) is 0 Å². The van der Waals surface area contributed by atoms with Gasteiger partial charge in [-0.05, 0) is 25.5 Å². The lowest BCUT2D eigenvalue weighted by atomic mass is 9.96. The maximum Gasteiger partial charge on any atom is 0.354 e. The third-order valence-electron chi connectivity index (χ3n) is 5.72. The summed E-state index contributed by atoms with van der Waals surface area (Å²) in [5, 5.41) is 0. The molecule has 3 aliphatic rings. The second kappa shape index (κ2) is 6.98. The third kappa shape index (κ3) is 2.72. The van der Waals surface area contributed by atoms with Gasteiger partial charge in [0, 0.05) is 32.4 Å². The van der Waals surface area contributed by atoms with E-state index >= 15 is 0 Å². The van der Waals surface area contributed by atoms with Crippen molar-refractivity contribution in [1.82, 2.24) is 9.80 Å². The Morgan fingerprint density at radius 1 is 1.10 bits per heavy atom. The van der Waals surface area contributed by atoms with Crippen LogP contribution in [0.1, 0.15) is 43.0 Å². The molecule has 152 valence electrons. The number of hydrogen-bond acceptors (Lipinski definition) is 6. The SMILES string of the molecule is CCN1C(=O)c2ccccc2N2C(=O)CC[C@]12C(=O)OCC(=O)N1CCCC1=O. The van der Waals surface area contributed by atoms with Crippen LogP contribution < -0.4 is 4.90 Å². The van der Waals surface area contributed by atoms with Crippen molar-refractivity contribution in [3.05, 3.63) is 29.8 Å². The first kappa shape index (κ1) is 19.1. The maximum atomic E-state index is 13.2. The van der Waals surface area contributed by atoms with Crippen LogP contribution in [0.15, 0.2) is 24.3 Å². The average Bonchev–Trinajstić information content (AvgIpc) is 3.30. The summed E-state index contributed by atoms with van der Waals surface area (Å²) in [4.78, 5) is 66.7. The Labute approximate surface area is 167 Å².